The molecule has 0 spiro atoms. The molecule has 1 N–H and O–H groups in total. The van der Waals surface area contributed by atoms with E-state index in [9.17, 15) is 13.6 Å². The summed E-state index contributed by atoms with van der Waals surface area (Å²) in [5.74, 6) is -1.68. The molecular weight excluding hydrogens is 212 g/mol. The molecular formula is C12H13F2NO. The van der Waals surface area contributed by atoms with Gasteiger partial charge in [0, 0.05) is 12.0 Å². The number of hydrogen-bond donors (Lipinski definition) is 1. The summed E-state index contributed by atoms with van der Waals surface area (Å²) < 4.78 is 25.6. The molecule has 1 aromatic carbocycles. The van der Waals surface area contributed by atoms with Gasteiger partial charge in [0.05, 0.1) is 0 Å². The van der Waals surface area contributed by atoms with Crippen LogP contribution in [0, 0.1) is 17.6 Å². The van der Waals surface area contributed by atoms with Gasteiger partial charge in [-0.1, -0.05) is 0 Å². The predicted molar refractivity (Wildman–Crippen MR) is 56.3 cm³/mol. The molecule has 1 atom stereocenters. The fourth-order valence-corrected chi connectivity index (χ4v) is 1.94. The SMILES string of the molecule is O=C(CC1CCNC1)c1ccc(F)c(F)c1. The molecule has 16 heavy (non-hydrogen) atoms. The van der Waals surface area contributed by atoms with E-state index in [-0.39, 0.29) is 11.3 Å². The molecule has 86 valence electrons. The Morgan fingerprint density at radius 3 is 2.81 bits per heavy atom. The van der Waals surface area contributed by atoms with Gasteiger partial charge < -0.3 is 5.32 Å². The minimum atomic E-state index is -0.963. The van der Waals surface area contributed by atoms with Gasteiger partial charge in [-0.3, -0.25) is 4.79 Å². The van der Waals surface area contributed by atoms with Gasteiger partial charge in [0.2, 0.25) is 0 Å². The minimum absolute atomic E-state index is 0.118. The van der Waals surface area contributed by atoms with Crippen molar-refractivity contribution in [3.63, 3.8) is 0 Å². The second-order valence-corrected chi connectivity index (χ2v) is 4.12. The van der Waals surface area contributed by atoms with Crippen LogP contribution in [0.15, 0.2) is 18.2 Å². The van der Waals surface area contributed by atoms with Crippen molar-refractivity contribution in [1.29, 1.82) is 0 Å². The molecule has 2 rings (SSSR count). The van der Waals surface area contributed by atoms with Crippen LogP contribution in [-0.2, 0) is 0 Å². The van der Waals surface area contributed by atoms with E-state index >= 15 is 0 Å². The first-order valence-electron chi connectivity index (χ1n) is 5.36. The van der Waals surface area contributed by atoms with Crippen molar-refractivity contribution in [1.82, 2.24) is 5.32 Å². The minimum Gasteiger partial charge on any atom is -0.316 e. The highest BCUT2D eigenvalue weighted by molar-refractivity contribution is 5.96. The van der Waals surface area contributed by atoms with Crippen LogP contribution in [0.5, 0.6) is 0 Å². The number of nitrogens with one attached hydrogen (secondary N) is 1. The molecule has 1 saturated heterocycles. The fourth-order valence-electron chi connectivity index (χ4n) is 1.94. The number of carbonyl (C=O) groups excluding carboxylic acids is 1. The summed E-state index contributed by atoms with van der Waals surface area (Å²) in [6.45, 7) is 1.76. The van der Waals surface area contributed by atoms with Crippen LogP contribution in [0.1, 0.15) is 23.2 Å². The van der Waals surface area contributed by atoms with Crippen LogP contribution in [0.4, 0.5) is 8.78 Å². The molecule has 1 fully saturated rings. The number of benzene rings is 1. The molecule has 2 nitrogen and oxygen atoms in total. The van der Waals surface area contributed by atoms with Crippen molar-refractivity contribution in [2.45, 2.75) is 12.8 Å². The van der Waals surface area contributed by atoms with E-state index < -0.39 is 11.6 Å². The average Bonchev–Trinajstić information content (AvgIpc) is 2.74. The zero-order chi connectivity index (χ0) is 11.5. The molecule has 1 unspecified atom stereocenters. The lowest BCUT2D eigenvalue weighted by atomic mass is 9.97. The van der Waals surface area contributed by atoms with Gasteiger partial charge in [-0.2, -0.15) is 0 Å². The largest absolute Gasteiger partial charge is 0.316 e. The number of rotatable bonds is 3. The molecule has 0 aromatic heterocycles. The first-order chi connectivity index (χ1) is 7.66. The van der Waals surface area contributed by atoms with Gasteiger partial charge in [-0.15, -0.1) is 0 Å². The van der Waals surface area contributed by atoms with E-state index in [0.29, 0.717) is 12.3 Å². The molecule has 0 aliphatic carbocycles. The monoisotopic (exact) mass is 225 g/mol. The molecule has 4 heteroatoms. The van der Waals surface area contributed by atoms with Crippen molar-refractivity contribution in [2.24, 2.45) is 5.92 Å². The number of carbonyl (C=O) groups is 1. The van der Waals surface area contributed by atoms with Crippen LogP contribution in [0.2, 0.25) is 0 Å². The Hall–Kier alpha value is -1.29. The van der Waals surface area contributed by atoms with Gasteiger partial charge >= 0.3 is 0 Å². The lowest BCUT2D eigenvalue weighted by molar-refractivity contribution is 0.0964. The average molecular weight is 225 g/mol. The molecule has 0 bridgehead atoms. The number of hydrogen-bond acceptors (Lipinski definition) is 2. The van der Waals surface area contributed by atoms with Crippen molar-refractivity contribution in [3.05, 3.63) is 35.4 Å². The van der Waals surface area contributed by atoms with E-state index in [1.165, 1.54) is 6.07 Å². The first-order valence-corrected chi connectivity index (χ1v) is 5.36. The van der Waals surface area contributed by atoms with Crippen LogP contribution in [0.25, 0.3) is 0 Å². The third kappa shape index (κ3) is 2.44. The van der Waals surface area contributed by atoms with E-state index in [1.54, 1.807) is 0 Å². The Bertz CT molecular complexity index is 400. The van der Waals surface area contributed by atoms with Gasteiger partial charge in [-0.25, -0.2) is 8.78 Å². The number of Topliss-reactive ketones (excluding diaryl/α,β-unsaturated/α-hetero) is 1. The maximum Gasteiger partial charge on any atom is 0.163 e. The van der Waals surface area contributed by atoms with Crippen molar-refractivity contribution >= 4 is 5.78 Å². The molecule has 1 aliphatic rings. The summed E-state index contributed by atoms with van der Waals surface area (Å²) in [4.78, 5) is 11.7. The molecule has 1 aliphatic heterocycles. The number of ketones is 1. The summed E-state index contributed by atoms with van der Waals surface area (Å²) in [6.07, 6.45) is 1.37. The van der Waals surface area contributed by atoms with Crippen LogP contribution < -0.4 is 5.32 Å². The Morgan fingerprint density at radius 2 is 2.19 bits per heavy atom. The molecule has 1 heterocycles. The Labute approximate surface area is 92.7 Å². The Morgan fingerprint density at radius 1 is 1.38 bits per heavy atom. The van der Waals surface area contributed by atoms with Crippen molar-refractivity contribution in [2.75, 3.05) is 13.1 Å². The Kier molecular flexibility index (Phi) is 3.29. The van der Waals surface area contributed by atoms with Crippen LogP contribution in [-0.4, -0.2) is 18.9 Å². The third-order valence-corrected chi connectivity index (χ3v) is 2.88. The highest BCUT2D eigenvalue weighted by Gasteiger charge is 2.19. The molecule has 1 aromatic rings. The summed E-state index contributed by atoms with van der Waals surface area (Å²) in [5, 5.41) is 3.16. The van der Waals surface area contributed by atoms with E-state index in [2.05, 4.69) is 5.32 Å². The topological polar surface area (TPSA) is 29.1 Å². The Balaban J connectivity index is 2.05. The predicted octanol–water partition coefficient (Wildman–Crippen LogP) is 2.15. The highest BCUT2D eigenvalue weighted by atomic mass is 19.2. The summed E-state index contributed by atoms with van der Waals surface area (Å²) >= 11 is 0. The summed E-state index contributed by atoms with van der Waals surface area (Å²) in [5.41, 5.74) is 0.255. The maximum absolute atomic E-state index is 12.9. The lowest BCUT2D eigenvalue weighted by Crippen LogP contribution is -2.13. The second kappa shape index (κ2) is 4.70. The zero-order valence-electron chi connectivity index (χ0n) is 8.80. The van der Waals surface area contributed by atoms with E-state index in [4.69, 9.17) is 0 Å². The van der Waals surface area contributed by atoms with Gasteiger partial charge in [0.1, 0.15) is 0 Å². The third-order valence-electron chi connectivity index (χ3n) is 2.88. The van der Waals surface area contributed by atoms with Crippen molar-refractivity contribution < 1.29 is 13.6 Å². The van der Waals surface area contributed by atoms with E-state index in [1.807, 2.05) is 0 Å². The maximum atomic E-state index is 12.9. The highest BCUT2D eigenvalue weighted by Crippen LogP contribution is 2.17. The summed E-state index contributed by atoms with van der Waals surface area (Å²) in [7, 11) is 0. The van der Waals surface area contributed by atoms with Gasteiger partial charge in [-0.05, 0) is 43.6 Å². The zero-order valence-corrected chi connectivity index (χ0v) is 8.80. The number of halogens is 2. The lowest BCUT2D eigenvalue weighted by Gasteiger charge is -2.07. The summed E-state index contributed by atoms with van der Waals surface area (Å²) in [6, 6.07) is 3.30. The van der Waals surface area contributed by atoms with Crippen LogP contribution >= 0.6 is 0 Å². The van der Waals surface area contributed by atoms with Crippen LogP contribution in [0.3, 0.4) is 0 Å². The second-order valence-electron chi connectivity index (χ2n) is 4.12. The molecule has 0 radical (unpaired) electrons. The normalized spacial score (nSPS) is 20.0. The van der Waals surface area contributed by atoms with Crippen molar-refractivity contribution in [3.8, 4) is 0 Å². The molecule has 0 saturated carbocycles. The quantitative estimate of drug-likeness (QED) is 0.798. The fraction of sp³-hybridized carbons (Fsp3) is 0.417. The van der Waals surface area contributed by atoms with E-state index in [0.717, 1.165) is 31.6 Å². The van der Waals surface area contributed by atoms with Gasteiger partial charge in [0.15, 0.2) is 17.4 Å². The smallest absolute Gasteiger partial charge is 0.163 e. The standard InChI is InChI=1S/C12H13F2NO/c13-10-2-1-9(6-11(10)14)12(16)5-8-3-4-15-7-8/h1-2,6,8,15H,3-5,7H2. The molecule has 0 amide bonds. The van der Waals surface area contributed by atoms with Gasteiger partial charge in [0.25, 0.3) is 0 Å². The first kappa shape index (κ1) is 11.2.